The molecule has 0 saturated carbocycles. The van der Waals surface area contributed by atoms with E-state index in [2.05, 4.69) is 4.99 Å². The third-order valence-electron chi connectivity index (χ3n) is 3.12. The molecule has 0 fully saturated rings. The van der Waals surface area contributed by atoms with Crippen molar-refractivity contribution >= 4 is 35.2 Å². The maximum absolute atomic E-state index is 11.9. The number of esters is 1. The Balaban J connectivity index is 2.00. The van der Waals surface area contributed by atoms with E-state index in [1.807, 2.05) is 6.07 Å². The average Bonchev–Trinajstić information content (AvgIpc) is 2.91. The molecule has 0 radical (unpaired) electrons. The van der Waals surface area contributed by atoms with E-state index < -0.39 is 10.9 Å². The SMILES string of the molecule is O=C1OC(c2ccccc2)=N/C1=C\c1cc([N+](=O)[O-])ccc1Cl. The van der Waals surface area contributed by atoms with Gasteiger partial charge in [-0.1, -0.05) is 29.8 Å². The van der Waals surface area contributed by atoms with Gasteiger partial charge in [-0.25, -0.2) is 9.79 Å². The molecule has 3 rings (SSSR count). The van der Waals surface area contributed by atoms with Crippen LogP contribution in [0.5, 0.6) is 0 Å². The third kappa shape index (κ3) is 3.12. The molecule has 1 heterocycles. The summed E-state index contributed by atoms with van der Waals surface area (Å²) in [4.78, 5) is 26.3. The van der Waals surface area contributed by atoms with Crippen molar-refractivity contribution in [3.63, 3.8) is 0 Å². The monoisotopic (exact) mass is 328 g/mol. The molecule has 0 bridgehead atoms. The van der Waals surface area contributed by atoms with E-state index in [0.717, 1.165) is 0 Å². The molecule has 7 heteroatoms. The van der Waals surface area contributed by atoms with Crippen molar-refractivity contribution < 1.29 is 14.5 Å². The lowest BCUT2D eigenvalue weighted by Gasteiger charge is -1.98. The second-order valence-electron chi connectivity index (χ2n) is 4.67. The molecule has 0 atom stereocenters. The first-order valence-corrected chi connectivity index (χ1v) is 6.94. The second-order valence-corrected chi connectivity index (χ2v) is 5.07. The third-order valence-corrected chi connectivity index (χ3v) is 3.47. The summed E-state index contributed by atoms with van der Waals surface area (Å²) >= 11 is 6.01. The van der Waals surface area contributed by atoms with Gasteiger partial charge in [0.15, 0.2) is 5.70 Å². The van der Waals surface area contributed by atoms with Gasteiger partial charge in [-0.3, -0.25) is 10.1 Å². The minimum atomic E-state index is -0.633. The molecular weight excluding hydrogens is 320 g/mol. The highest BCUT2D eigenvalue weighted by atomic mass is 35.5. The van der Waals surface area contributed by atoms with Crippen molar-refractivity contribution in [3.05, 3.63) is 80.5 Å². The summed E-state index contributed by atoms with van der Waals surface area (Å²) in [5, 5.41) is 11.1. The Hall–Kier alpha value is -2.99. The Kier molecular flexibility index (Phi) is 3.91. The van der Waals surface area contributed by atoms with Gasteiger partial charge in [0.1, 0.15) is 0 Å². The van der Waals surface area contributed by atoms with E-state index in [-0.39, 0.29) is 22.3 Å². The van der Waals surface area contributed by atoms with Crippen LogP contribution in [0.1, 0.15) is 11.1 Å². The van der Waals surface area contributed by atoms with Crippen molar-refractivity contribution in [1.29, 1.82) is 0 Å². The highest BCUT2D eigenvalue weighted by molar-refractivity contribution is 6.32. The van der Waals surface area contributed by atoms with Crippen molar-refractivity contribution in [3.8, 4) is 0 Å². The first-order valence-electron chi connectivity index (χ1n) is 6.56. The summed E-state index contributed by atoms with van der Waals surface area (Å²) in [6.07, 6.45) is 1.37. The van der Waals surface area contributed by atoms with Gasteiger partial charge >= 0.3 is 5.97 Å². The zero-order valence-electron chi connectivity index (χ0n) is 11.6. The Morgan fingerprint density at radius 2 is 1.91 bits per heavy atom. The molecule has 0 saturated heterocycles. The number of aliphatic imine (C=N–C) groups is 1. The number of non-ortho nitro benzene ring substituents is 1. The summed E-state index contributed by atoms with van der Waals surface area (Å²) in [6.45, 7) is 0. The van der Waals surface area contributed by atoms with Gasteiger partial charge in [0.05, 0.1) is 4.92 Å². The normalized spacial score (nSPS) is 15.4. The van der Waals surface area contributed by atoms with E-state index >= 15 is 0 Å². The predicted molar refractivity (Wildman–Crippen MR) is 85.2 cm³/mol. The van der Waals surface area contributed by atoms with Gasteiger partial charge in [0, 0.05) is 28.3 Å². The number of nitro groups is 1. The fraction of sp³-hybridized carbons (Fsp3) is 0. The molecule has 6 nitrogen and oxygen atoms in total. The fourth-order valence-electron chi connectivity index (χ4n) is 2.02. The molecule has 0 spiro atoms. The van der Waals surface area contributed by atoms with Gasteiger partial charge in [-0.05, 0) is 24.3 Å². The number of nitrogens with zero attached hydrogens (tertiary/aromatic N) is 2. The lowest BCUT2D eigenvalue weighted by atomic mass is 10.1. The number of carbonyl (C=O) groups excluding carboxylic acids is 1. The van der Waals surface area contributed by atoms with E-state index in [1.165, 1.54) is 24.3 Å². The van der Waals surface area contributed by atoms with Crippen molar-refractivity contribution in [2.75, 3.05) is 0 Å². The number of cyclic esters (lactones) is 1. The minimum Gasteiger partial charge on any atom is -0.402 e. The van der Waals surface area contributed by atoms with E-state index in [9.17, 15) is 14.9 Å². The van der Waals surface area contributed by atoms with Gasteiger partial charge in [0.2, 0.25) is 5.90 Å². The van der Waals surface area contributed by atoms with Crippen LogP contribution in [-0.4, -0.2) is 16.8 Å². The van der Waals surface area contributed by atoms with Crippen LogP contribution >= 0.6 is 11.6 Å². The number of ether oxygens (including phenoxy) is 1. The number of nitro benzene ring substituents is 1. The first kappa shape index (κ1) is 14.9. The number of benzene rings is 2. The van der Waals surface area contributed by atoms with Crippen LogP contribution < -0.4 is 0 Å². The van der Waals surface area contributed by atoms with Crippen molar-refractivity contribution in [1.82, 2.24) is 0 Å². The molecule has 2 aromatic carbocycles. The largest absolute Gasteiger partial charge is 0.402 e. The van der Waals surface area contributed by atoms with E-state index in [0.29, 0.717) is 11.1 Å². The summed E-state index contributed by atoms with van der Waals surface area (Å²) in [5.74, 6) is -0.449. The fourth-order valence-corrected chi connectivity index (χ4v) is 2.19. The maximum atomic E-state index is 11.9. The van der Waals surface area contributed by atoms with Crippen LogP contribution in [0.4, 0.5) is 5.69 Å². The molecule has 114 valence electrons. The highest BCUT2D eigenvalue weighted by Gasteiger charge is 2.24. The second kappa shape index (κ2) is 6.02. The van der Waals surface area contributed by atoms with Crippen molar-refractivity contribution in [2.45, 2.75) is 0 Å². The Morgan fingerprint density at radius 3 is 2.61 bits per heavy atom. The molecule has 0 unspecified atom stereocenters. The maximum Gasteiger partial charge on any atom is 0.363 e. The summed E-state index contributed by atoms with van der Waals surface area (Å²) in [7, 11) is 0. The van der Waals surface area contributed by atoms with E-state index in [1.54, 1.807) is 24.3 Å². The number of hydrogen-bond donors (Lipinski definition) is 0. The van der Waals surface area contributed by atoms with Gasteiger partial charge < -0.3 is 4.74 Å². The molecule has 0 aromatic heterocycles. The highest BCUT2D eigenvalue weighted by Crippen LogP contribution is 2.26. The summed E-state index contributed by atoms with van der Waals surface area (Å²) < 4.78 is 5.12. The van der Waals surface area contributed by atoms with Crippen molar-refractivity contribution in [2.24, 2.45) is 4.99 Å². The molecule has 2 aromatic rings. The van der Waals surface area contributed by atoms with Gasteiger partial charge in [0.25, 0.3) is 5.69 Å². The molecule has 1 aliphatic rings. The van der Waals surface area contributed by atoms with Crippen LogP contribution in [-0.2, 0) is 9.53 Å². The predicted octanol–water partition coefficient (Wildman–Crippen LogP) is 3.59. The average molecular weight is 329 g/mol. The lowest BCUT2D eigenvalue weighted by Crippen LogP contribution is -2.04. The van der Waals surface area contributed by atoms with Crippen LogP contribution in [0, 0.1) is 10.1 Å². The number of halogens is 1. The molecule has 1 aliphatic heterocycles. The number of rotatable bonds is 3. The number of hydrogen-bond acceptors (Lipinski definition) is 5. The van der Waals surface area contributed by atoms with Gasteiger partial charge in [-0.2, -0.15) is 0 Å². The quantitative estimate of drug-likeness (QED) is 0.373. The topological polar surface area (TPSA) is 81.8 Å². The molecule has 23 heavy (non-hydrogen) atoms. The van der Waals surface area contributed by atoms with Crippen LogP contribution in [0.25, 0.3) is 6.08 Å². The molecule has 0 N–H and O–H groups in total. The van der Waals surface area contributed by atoms with Crippen LogP contribution in [0.15, 0.2) is 59.2 Å². The molecular formula is C16H9ClN2O4. The smallest absolute Gasteiger partial charge is 0.363 e. The summed E-state index contributed by atoms with van der Waals surface area (Å²) in [6, 6.07) is 12.9. The van der Waals surface area contributed by atoms with Gasteiger partial charge in [-0.15, -0.1) is 0 Å². The standard InChI is InChI=1S/C16H9ClN2O4/c17-13-7-6-12(19(21)22)8-11(13)9-14-16(20)23-15(18-14)10-4-2-1-3-5-10/h1-9H/b14-9-. The van der Waals surface area contributed by atoms with E-state index in [4.69, 9.17) is 16.3 Å². The first-order chi connectivity index (χ1) is 11.0. The Morgan fingerprint density at radius 1 is 1.17 bits per heavy atom. The number of carbonyl (C=O) groups is 1. The Bertz CT molecular complexity index is 860. The zero-order valence-corrected chi connectivity index (χ0v) is 12.4. The van der Waals surface area contributed by atoms with Crippen LogP contribution in [0.2, 0.25) is 5.02 Å². The lowest BCUT2D eigenvalue weighted by molar-refractivity contribution is -0.384. The molecule has 0 amide bonds. The molecule has 0 aliphatic carbocycles. The van der Waals surface area contributed by atoms with Crippen LogP contribution in [0.3, 0.4) is 0 Å². The minimum absolute atomic E-state index is 0.0336. The summed E-state index contributed by atoms with van der Waals surface area (Å²) in [5.41, 5.74) is 0.895. The Labute approximate surface area is 135 Å². The zero-order chi connectivity index (χ0) is 16.4.